The van der Waals surface area contributed by atoms with Crippen molar-refractivity contribution < 1.29 is 4.79 Å². The monoisotopic (exact) mass is 281 g/mol. The average molecular weight is 281 g/mol. The van der Waals surface area contributed by atoms with Gasteiger partial charge in [-0.3, -0.25) is 4.79 Å². The second-order valence-corrected chi connectivity index (χ2v) is 5.25. The van der Waals surface area contributed by atoms with Crippen molar-refractivity contribution in [1.29, 1.82) is 0 Å². The lowest BCUT2D eigenvalue weighted by molar-refractivity contribution is 0.0735. The highest BCUT2D eigenvalue weighted by Gasteiger charge is 2.30. The lowest BCUT2D eigenvalue weighted by atomic mass is 10.1. The Morgan fingerprint density at radius 1 is 1.24 bits per heavy atom. The lowest BCUT2D eigenvalue weighted by Gasteiger charge is -2.25. The molecule has 2 aromatic rings. The predicted octanol–water partition coefficient (Wildman–Crippen LogP) is 3.10. The van der Waals surface area contributed by atoms with Gasteiger partial charge in [-0.25, -0.2) is 4.98 Å². The summed E-state index contributed by atoms with van der Waals surface area (Å²) in [5.74, 6) is 0.952. The van der Waals surface area contributed by atoms with Gasteiger partial charge >= 0.3 is 0 Å². The summed E-state index contributed by atoms with van der Waals surface area (Å²) in [5.41, 5.74) is 1.86. The van der Waals surface area contributed by atoms with E-state index in [1.54, 1.807) is 0 Å². The Morgan fingerprint density at radius 3 is 2.71 bits per heavy atom. The summed E-state index contributed by atoms with van der Waals surface area (Å²) >= 11 is 0. The number of hydrogen-bond donors (Lipinski definition) is 1. The van der Waals surface area contributed by atoms with Gasteiger partial charge in [0.2, 0.25) is 0 Å². The first-order chi connectivity index (χ1) is 10.3. The van der Waals surface area contributed by atoms with E-state index in [0.717, 1.165) is 36.3 Å². The van der Waals surface area contributed by atoms with E-state index in [1.165, 1.54) is 0 Å². The molecular weight excluding hydrogens is 262 g/mol. The Kier molecular flexibility index (Phi) is 3.86. The lowest BCUT2D eigenvalue weighted by Crippen LogP contribution is -2.30. The second kappa shape index (κ2) is 5.95. The second-order valence-electron chi connectivity index (χ2n) is 5.25. The van der Waals surface area contributed by atoms with E-state index < -0.39 is 0 Å². The quantitative estimate of drug-likeness (QED) is 0.940. The zero-order valence-corrected chi connectivity index (χ0v) is 12.1. The molecule has 1 aliphatic heterocycles. The van der Waals surface area contributed by atoms with Crippen LogP contribution in [0.15, 0.2) is 48.7 Å². The molecule has 1 amide bonds. The van der Waals surface area contributed by atoms with Crippen molar-refractivity contribution in [2.45, 2.75) is 18.9 Å². The molecule has 0 spiro atoms. The number of nitrogens with zero attached hydrogens (tertiary/aromatic N) is 2. The summed E-state index contributed by atoms with van der Waals surface area (Å²) in [5, 5.41) is 3.01. The number of hydrogen-bond acceptors (Lipinski definition) is 3. The molecule has 4 heteroatoms. The van der Waals surface area contributed by atoms with E-state index in [0.29, 0.717) is 0 Å². The normalized spacial score (nSPS) is 17.8. The number of aromatic nitrogens is 1. The van der Waals surface area contributed by atoms with Crippen LogP contribution in [0.4, 0.5) is 5.82 Å². The molecule has 0 bridgehead atoms. The van der Waals surface area contributed by atoms with E-state index in [4.69, 9.17) is 0 Å². The van der Waals surface area contributed by atoms with Crippen molar-refractivity contribution in [3.63, 3.8) is 0 Å². The van der Waals surface area contributed by atoms with Crippen molar-refractivity contribution in [3.8, 4) is 0 Å². The van der Waals surface area contributed by atoms with E-state index in [-0.39, 0.29) is 11.9 Å². The summed E-state index contributed by atoms with van der Waals surface area (Å²) in [6.45, 7) is 0.812. The average Bonchev–Trinajstić information content (AvgIpc) is 3.04. The van der Waals surface area contributed by atoms with Gasteiger partial charge in [-0.05, 0) is 36.6 Å². The first-order valence-corrected chi connectivity index (χ1v) is 7.29. The number of nitrogens with one attached hydrogen (secondary N) is 1. The van der Waals surface area contributed by atoms with Crippen LogP contribution in [-0.2, 0) is 0 Å². The Labute approximate surface area is 124 Å². The number of benzene rings is 1. The van der Waals surface area contributed by atoms with Crippen molar-refractivity contribution in [2.75, 3.05) is 18.9 Å². The maximum atomic E-state index is 12.6. The van der Waals surface area contributed by atoms with E-state index in [2.05, 4.69) is 16.4 Å². The minimum Gasteiger partial charge on any atom is -0.373 e. The first-order valence-electron chi connectivity index (χ1n) is 7.29. The van der Waals surface area contributed by atoms with Crippen molar-refractivity contribution in [3.05, 3.63) is 59.8 Å². The molecule has 108 valence electrons. The number of rotatable bonds is 3. The fraction of sp³-hybridized carbons (Fsp3) is 0.294. The summed E-state index contributed by atoms with van der Waals surface area (Å²) in [4.78, 5) is 19.0. The minimum atomic E-state index is 0.107. The van der Waals surface area contributed by atoms with Gasteiger partial charge in [-0.15, -0.1) is 0 Å². The fourth-order valence-electron chi connectivity index (χ4n) is 2.85. The number of likely N-dealkylation sites (tertiary alicyclic amines) is 1. The molecule has 0 radical (unpaired) electrons. The zero-order chi connectivity index (χ0) is 14.7. The number of pyridine rings is 1. The Hall–Kier alpha value is -2.36. The smallest absolute Gasteiger partial charge is 0.254 e. The summed E-state index contributed by atoms with van der Waals surface area (Å²) in [6.07, 6.45) is 3.91. The van der Waals surface area contributed by atoms with Crippen LogP contribution in [0.2, 0.25) is 0 Å². The van der Waals surface area contributed by atoms with Gasteiger partial charge in [0.05, 0.1) is 6.04 Å². The van der Waals surface area contributed by atoms with Crippen LogP contribution in [0, 0.1) is 0 Å². The standard InChI is InChI=1S/C17H19N3O/c1-18-16-10-9-14(12-19-16)15-8-5-11-20(15)17(21)13-6-3-2-4-7-13/h2-4,6-7,9-10,12,15H,5,8,11H2,1H3,(H,18,19)/t15-/m1/s1. The third-order valence-corrected chi connectivity index (χ3v) is 3.96. The van der Waals surface area contributed by atoms with Gasteiger partial charge in [0.1, 0.15) is 5.82 Å². The number of carbonyl (C=O) groups is 1. The highest BCUT2D eigenvalue weighted by molar-refractivity contribution is 5.94. The Balaban J connectivity index is 1.83. The third kappa shape index (κ3) is 2.75. The van der Waals surface area contributed by atoms with Gasteiger partial charge in [0, 0.05) is 25.4 Å². The molecule has 0 saturated carbocycles. The molecule has 1 aliphatic rings. The van der Waals surface area contributed by atoms with Crippen molar-refractivity contribution >= 4 is 11.7 Å². The molecule has 1 fully saturated rings. The van der Waals surface area contributed by atoms with Crippen LogP contribution in [0.25, 0.3) is 0 Å². The van der Waals surface area contributed by atoms with Crippen LogP contribution >= 0.6 is 0 Å². The van der Waals surface area contributed by atoms with Crippen LogP contribution in [0.3, 0.4) is 0 Å². The molecule has 4 nitrogen and oxygen atoms in total. The van der Waals surface area contributed by atoms with E-state index in [1.807, 2.05) is 54.5 Å². The fourth-order valence-corrected chi connectivity index (χ4v) is 2.85. The number of carbonyl (C=O) groups excluding carboxylic acids is 1. The summed E-state index contributed by atoms with van der Waals surface area (Å²) in [7, 11) is 1.85. The highest BCUT2D eigenvalue weighted by atomic mass is 16.2. The molecule has 3 rings (SSSR count). The minimum absolute atomic E-state index is 0.107. The summed E-state index contributed by atoms with van der Waals surface area (Å²) in [6, 6.07) is 13.6. The molecule has 1 atom stereocenters. The molecule has 21 heavy (non-hydrogen) atoms. The maximum Gasteiger partial charge on any atom is 0.254 e. The van der Waals surface area contributed by atoms with E-state index >= 15 is 0 Å². The summed E-state index contributed by atoms with van der Waals surface area (Å²) < 4.78 is 0. The van der Waals surface area contributed by atoms with Crippen LogP contribution in [0.1, 0.15) is 34.8 Å². The zero-order valence-electron chi connectivity index (χ0n) is 12.1. The molecule has 1 aromatic heterocycles. The maximum absolute atomic E-state index is 12.6. The molecule has 0 aliphatic carbocycles. The van der Waals surface area contributed by atoms with Crippen LogP contribution in [0.5, 0.6) is 0 Å². The van der Waals surface area contributed by atoms with Crippen LogP contribution in [-0.4, -0.2) is 29.4 Å². The highest BCUT2D eigenvalue weighted by Crippen LogP contribution is 2.33. The van der Waals surface area contributed by atoms with Gasteiger partial charge in [0.15, 0.2) is 0 Å². The van der Waals surface area contributed by atoms with Gasteiger partial charge in [0.25, 0.3) is 5.91 Å². The SMILES string of the molecule is CNc1ccc([C@H]2CCCN2C(=O)c2ccccc2)cn1. The first kappa shape index (κ1) is 13.6. The predicted molar refractivity (Wildman–Crippen MR) is 83.2 cm³/mol. The number of amides is 1. The van der Waals surface area contributed by atoms with Crippen molar-refractivity contribution in [2.24, 2.45) is 0 Å². The Morgan fingerprint density at radius 2 is 2.05 bits per heavy atom. The van der Waals surface area contributed by atoms with Gasteiger partial charge in [-0.2, -0.15) is 0 Å². The van der Waals surface area contributed by atoms with Crippen molar-refractivity contribution in [1.82, 2.24) is 9.88 Å². The molecule has 1 aromatic carbocycles. The topological polar surface area (TPSA) is 45.2 Å². The van der Waals surface area contributed by atoms with Gasteiger partial charge in [-0.1, -0.05) is 24.3 Å². The molecule has 1 saturated heterocycles. The molecule has 2 heterocycles. The van der Waals surface area contributed by atoms with Gasteiger partial charge < -0.3 is 10.2 Å². The largest absolute Gasteiger partial charge is 0.373 e. The molecule has 1 N–H and O–H groups in total. The van der Waals surface area contributed by atoms with E-state index in [9.17, 15) is 4.79 Å². The molecular formula is C17H19N3O. The molecule has 0 unspecified atom stereocenters. The Bertz CT molecular complexity index is 610. The van der Waals surface area contributed by atoms with Crippen LogP contribution < -0.4 is 5.32 Å². The number of anilines is 1. The third-order valence-electron chi connectivity index (χ3n) is 3.96.